The maximum atomic E-state index is 9.03. The van der Waals surface area contributed by atoms with Gasteiger partial charge in [-0.25, -0.2) is 4.68 Å². The molecule has 5 heteroatoms. The highest BCUT2D eigenvalue weighted by Crippen LogP contribution is 2.16. The summed E-state index contributed by atoms with van der Waals surface area (Å²) in [6, 6.07) is 7.34. The van der Waals surface area contributed by atoms with Crippen LogP contribution < -0.4 is 0 Å². The van der Waals surface area contributed by atoms with Crippen LogP contribution in [0.1, 0.15) is 11.1 Å². The van der Waals surface area contributed by atoms with Crippen LogP contribution in [0.5, 0.6) is 0 Å². The number of nitriles is 1. The van der Waals surface area contributed by atoms with Crippen molar-refractivity contribution in [2.45, 2.75) is 6.61 Å². The Balaban J connectivity index is 2.53. The number of hydrogen-bond donors (Lipinski definition) is 1. The number of halogens is 1. The van der Waals surface area contributed by atoms with Gasteiger partial charge >= 0.3 is 0 Å². The molecule has 4 nitrogen and oxygen atoms in total. The third-order valence-corrected chi connectivity index (χ3v) is 2.72. The standard InChI is InChI=1S/C11H8IN3O/c12-10-5-14-15(6-10)11-2-1-8(7-16)3-9(11)4-13/h1-3,5-6,16H,7H2. The number of rotatable bonds is 2. The highest BCUT2D eigenvalue weighted by atomic mass is 127. The molecule has 0 unspecified atom stereocenters. The second kappa shape index (κ2) is 4.63. The number of nitrogens with zero attached hydrogens (tertiary/aromatic N) is 3. The lowest BCUT2D eigenvalue weighted by molar-refractivity contribution is 0.282. The largest absolute Gasteiger partial charge is 0.392 e. The molecule has 2 aromatic rings. The molecule has 80 valence electrons. The van der Waals surface area contributed by atoms with Crippen molar-refractivity contribution in [3.8, 4) is 11.8 Å². The van der Waals surface area contributed by atoms with Crippen molar-refractivity contribution in [1.29, 1.82) is 5.26 Å². The fourth-order valence-corrected chi connectivity index (χ4v) is 1.79. The van der Waals surface area contributed by atoms with Crippen LogP contribution in [0.4, 0.5) is 0 Å². The lowest BCUT2D eigenvalue weighted by atomic mass is 10.1. The zero-order valence-electron chi connectivity index (χ0n) is 8.26. The minimum Gasteiger partial charge on any atom is -0.392 e. The van der Waals surface area contributed by atoms with Gasteiger partial charge in [0.25, 0.3) is 0 Å². The molecule has 0 saturated heterocycles. The maximum Gasteiger partial charge on any atom is 0.101 e. The van der Waals surface area contributed by atoms with Crippen LogP contribution in [0.25, 0.3) is 5.69 Å². The Morgan fingerprint density at radius 1 is 1.50 bits per heavy atom. The molecular weight excluding hydrogens is 317 g/mol. The van der Waals surface area contributed by atoms with Gasteiger partial charge in [0.05, 0.1) is 27.6 Å². The third kappa shape index (κ3) is 2.08. The average Bonchev–Trinajstić information content (AvgIpc) is 2.74. The summed E-state index contributed by atoms with van der Waals surface area (Å²) in [5.41, 5.74) is 1.95. The molecule has 1 heterocycles. The lowest BCUT2D eigenvalue weighted by Crippen LogP contribution is -1.99. The first-order valence-corrected chi connectivity index (χ1v) is 5.67. The predicted molar refractivity (Wildman–Crippen MR) is 66.9 cm³/mol. The first-order valence-electron chi connectivity index (χ1n) is 4.59. The van der Waals surface area contributed by atoms with Gasteiger partial charge in [-0.15, -0.1) is 0 Å². The zero-order chi connectivity index (χ0) is 11.5. The number of benzene rings is 1. The fraction of sp³-hybridized carbons (Fsp3) is 0.0909. The molecule has 0 atom stereocenters. The monoisotopic (exact) mass is 325 g/mol. The van der Waals surface area contributed by atoms with Gasteiger partial charge in [0.2, 0.25) is 0 Å². The average molecular weight is 325 g/mol. The molecule has 0 aliphatic rings. The van der Waals surface area contributed by atoms with Crippen molar-refractivity contribution in [3.05, 3.63) is 45.3 Å². The number of aliphatic hydroxyl groups is 1. The molecule has 0 saturated carbocycles. The summed E-state index contributed by atoms with van der Waals surface area (Å²) in [6.45, 7) is -0.0639. The van der Waals surface area contributed by atoms with E-state index in [-0.39, 0.29) is 6.61 Å². The summed E-state index contributed by atoms with van der Waals surface area (Å²) in [6.07, 6.45) is 3.57. The van der Waals surface area contributed by atoms with Gasteiger partial charge < -0.3 is 5.11 Å². The van der Waals surface area contributed by atoms with E-state index in [1.54, 1.807) is 29.1 Å². The van der Waals surface area contributed by atoms with E-state index in [0.29, 0.717) is 5.56 Å². The first-order chi connectivity index (χ1) is 7.74. The summed E-state index contributed by atoms with van der Waals surface area (Å²) in [7, 11) is 0. The van der Waals surface area contributed by atoms with Crippen molar-refractivity contribution in [1.82, 2.24) is 9.78 Å². The molecule has 0 spiro atoms. The van der Waals surface area contributed by atoms with E-state index in [1.165, 1.54) is 0 Å². The molecule has 0 radical (unpaired) electrons. The van der Waals surface area contributed by atoms with E-state index >= 15 is 0 Å². The Kier molecular flexibility index (Phi) is 3.22. The molecule has 2 rings (SSSR count). The quantitative estimate of drug-likeness (QED) is 0.857. The minimum atomic E-state index is -0.0639. The van der Waals surface area contributed by atoms with Crippen molar-refractivity contribution >= 4 is 22.6 Å². The predicted octanol–water partition coefficient (Wildman–Crippen LogP) is 1.84. The molecule has 0 fully saturated rings. The van der Waals surface area contributed by atoms with E-state index in [2.05, 4.69) is 33.8 Å². The van der Waals surface area contributed by atoms with Crippen LogP contribution in [0.3, 0.4) is 0 Å². The molecule has 0 aliphatic heterocycles. The number of aromatic nitrogens is 2. The van der Waals surface area contributed by atoms with Gasteiger partial charge in [-0.2, -0.15) is 10.4 Å². The number of hydrogen-bond acceptors (Lipinski definition) is 3. The third-order valence-electron chi connectivity index (χ3n) is 2.16. The topological polar surface area (TPSA) is 61.8 Å². The van der Waals surface area contributed by atoms with Gasteiger partial charge in [0.15, 0.2) is 0 Å². The fourth-order valence-electron chi connectivity index (χ4n) is 1.40. The summed E-state index contributed by atoms with van der Waals surface area (Å²) in [5, 5.41) is 22.2. The maximum absolute atomic E-state index is 9.03. The summed E-state index contributed by atoms with van der Waals surface area (Å²) >= 11 is 2.16. The molecular formula is C11H8IN3O. The lowest BCUT2D eigenvalue weighted by Gasteiger charge is -2.05. The molecule has 1 aromatic heterocycles. The normalized spacial score (nSPS) is 10.1. The van der Waals surface area contributed by atoms with Gasteiger partial charge in [-0.3, -0.25) is 0 Å². The van der Waals surface area contributed by atoms with Gasteiger partial charge in [0.1, 0.15) is 6.07 Å². The molecule has 1 aromatic carbocycles. The number of aliphatic hydroxyl groups excluding tert-OH is 1. The van der Waals surface area contributed by atoms with Crippen molar-refractivity contribution in [2.24, 2.45) is 0 Å². The zero-order valence-corrected chi connectivity index (χ0v) is 10.4. The van der Waals surface area contributed by atoms with E-state index in [4.69, 9.17) is 10.4 Å². The second-order valence-corrected chi connectivity index (χ2v) is 4.47. The Morgan fingerprint density at radius 2 is 2.31 bits per heavy atom. The van der Waals surface area contributed by atoms with Crippen LogP contribution in [0.15, 0.2) is 30.6 Å². The van der Waals surface area contributed by atoms with Gasteiger partial charge in [-0.05, 0) is 40.3 Å². The Bertz CT molecular complexity index is 557. The Hall–Kier alpha value is -1.39. The minimum absolute atomic E-state index is 0.0639. The van der Waals surface area contributed by atoms with Crippen LogP contribution in [0.2, 0.25) is 0 Å². The van der Waals surface area contributed by atoms with E-state index < -0.39 is 0 Å². The van der Waals surface area contributed by atoms with E-state index in [0.717, 1.165) is 14.8 Å². The SMILES string of the molecule is N#Cc1cc(CO)ccc1-n1cc(I)cn1. The molecule has 0 bridgehead atoms. The Morgan fingerprint density at radius 3 is 2.88 bits per heavy atom. The van der Waals surface area contributed by atoms with E-state index in [9.17, 15) is 0 Å². The van der Waals surface area contributed by atoms with Crippen LogP contribution >= 0.6 is 22.6 Å². The summed E-state index contributed by atoms with van der Waals surface area (Å²) in [5.74, 6) is 0. The summed E-state index contributed by atoms with van der Waals surface area (Å²) in [4.78, 5) is 0. The van der Waals surface area contributed by atoms with Crippen molar-refractivity contribution in [3.63, 3.8) is 0 Å². The van der Waals surface area contributed by atoms with Gasteiger partial charge in [0, 0.05) is 6.20 Å². The van der Waals surface area contributed by atoms with Crippen LogP contribution in [-0.2, 0) is 6.61 Å². The van der Waals surface area contributed by atoms with Crippen molar-refractivity contribution in [2.75, 3.05) is 0 Å². The van der Waals surface area contributed by atoms with Crippen molar-refractivity contribution < 1.29 is 5.11 Å². The van der Waals surface area contributed by atoms with Crippen LogP contribution in [-0.4, -0.2) is 14.9 Å². The second-order valence-electron chi connectivity index (χ2n) is 3.22. The molecule has 0 amide bonds. The van der Waals surface area contributed by atoms with Gasteiger partial charge in [-0.1, -0.05) is 6.07 Å². The van der Waals surface area contributed by atoms with Crippen LogP contribution in [0, 0.1) is 14.9 Å². The smallest absolute Gasteiger partial charge is 0.101 e. The molecule has 0 aliphatic carbocycles. The highest BCUT2D eigenvalue weighted by molar-refractivity contribution is 14.1. The first kappa shape index (κ1) is 11.1. The Labute approximate surface area is 106 Å². The molecule has 1 N–H and O–H groups in total. The molecule has 16 heavy (non-hydrogen) atoms. The summed E-state index contributed by atoms with van der Waals surface area (Å²) < 4.78 is 2.66. The van der Waals surface area contributed by atoms with E-state index in [1.807, 2.05) is 6.20 Å². The highest BCUT2D eigenvalue weighted by Gasteiger charge is 2.06.